The van der Waals surface area contributed by atoms with Crippen molar-refractivity contribution in [2.24, 2.45) is 0 Å². The highest BCUT2D eigenvalue weighted by atomic mass is 79.9. The van der Waals surface area contributed by atoms with Gasteiger partial charge in [0, 0.05) is 15.2 Å². The Morgan fingerprint density at radius 2 is 2.05 bits per heavy atom. The van der Waals surface area contributed by atoms with E-state index >= 15 is 0 Å². The molecule has 0 saturated carbocycles. The van der Waals surface area contributed by atoms with Crippen LogP contribution in [0.25, 0.3) is 0 Å². The number of anilines is 1. The number of hydrogen-bond acceptors (Lipinski definition) is 2. The smallest absolute Gasteiger partial charge is 0.259 e. The molecule has 1 amide bonds. The lowest BCUT2D eigenvalue weighted by atomic mass is 10.2. The molecule has 3 nitrogen and oxygen atoms in total. The van der Waals surface area contributed by atoms with Gasteiger partial charge in [-0.25, -0.2) is 4.39 Å². The minimum atomic E-state index is -0.518. The molecule has 0 aliphatic rings. The Hall–Kier alpha value is -1.59. The van der Waals surface area contributed by atoms with Gasteiger partial charge in [0.1, 0.15) is 11.6 Å². The Labute approximate surface area is 128 Å². The lowest BCUT2D eigenvalue weighted by molar-refractivity contribution is 0.102. The molecule has 0 unspecified atom stereocenters. The molecule has 0 radical (unpaired) electrons. The van der Waals surface area contributed by atoms with Crippen molar-refractivity contribution < 1.29 is 13.9 Å². The summed E-state index contributed by atoms with van der Waals surface area (Å²) in [5.41, 5.74) is 0.626. The summed E-state index contributed by atoms with van der Waals surface area (Å²) in [4.78, 5) is 12.2. The number of ether oxygens (including phenoxy) is 1. The highest BCUT2D eigenvalue weighted by Gasteiger charge is 2.13. The summed E-state index contributed by atoms with van der Waals surface area (Å²) in [7, 11) is 1.47. The van der Waals surface area contributed by atoms with E-state index in [9.17, 15) is 9.18 Å². The van der Waals surface area contributed by atoms with Gasteiger partial charge >= 0.3 is 0 Å². The minimum Gasteiger partial charge on any atom is -0.496 e. The Morgan fingerprint density at radius 3 is 2.70 bits per heavy atom. The van der Waals surface area contributed by atoms with Crippen molar-refractivity contribution >= 4 is 39.1 Å². The Kier molecular flexibility index (Phi) is 4.62. The Morgan fingerprint density at radius 1 is 1.30 bits per heavy atom. The molecular formula is C14H10BrClFNO2. The number of methoxy groups -OCH3 is 1. The first kappa shape index (κ1) is 14.8. The third kappa shape index (κ3) is 3.49. The van der Waals surface area contributed by atoms with Gasteiger partial charge in [-0.15, -0.1) is 0 Å². The van der Waals surface area contributed by atoms with Crippen molar-refractivity contribution in [3.8, 4) is 5.75 Å². The first-order valence-corrected chi connectivity index (χ1v) is 6.77. The van der Waals surface area contributed by atoms with Gasteiger partial charge < -0.3 is 10.1 Å². The fourth-order valence-corrected chi connectivity index (χ4v) is 2.24. The van der Waals surface area contributed by atoms with Crippen LogP contribution in [0.3, 0.4) is 0 Å². The van der Waals surface area contributed by atoms with Crippen LogP contribution in [0.1, 0.15) is 10.4 Å². The van der Waals surface area contributed by atoms with Gasteiger partial charge in [0.25, 0.3) is 5.91 Å². The number of amides is 1. The second-order valence-corrected chi connectivity index (χ2v) is 5.31. The van der Waals surface area contributed by atoms with Crippen LogP contribution in [0, 0.1) is 5.82 Å². The molecule has 6 heteroatoms. The average Bonchev–Trinajstić information content (AvgIpc) is 2.37. The van der Waals surface area contributed by atoms with Crippen molar-refractivity contribution in [2.45, 2.75) is 0 Å². The molecule has 20 heavy (non-hydrogen) atoms. The second-order valence-electron chi connectivity index (χ2n) is 3.96. The molecule has 0 saturated heterocycles. The van der Waals surface area contributed by atoms with E-state index in [-0.39, 0.29) is 10.7 Å². The van der Waals surface area contributed by atoms with Gasteiger partial charge in [-0.2, -0.15) is 0 Å². The molecule has 2 aromatic carbocycles. The first-order valence-electron chi connectivity index (χ1n) is 5.60. The van der Waals surface area contributed by atoms with Crippen LogP contribution in [-0.2, 0) is 0 Å². The summed E-state index contributed by atoms with van der Waals surface area (Å²) in [6.45, 7) is 0. The van der Waals surface area contributed by atoms with E-state index in [1.165, 1.54) is 19.2 Å². The normalized spacial score (nSPS) is 10.2. The molecular weight excluding hydrogens is 349 g/mol. The largest absolute Gasteiger partial charge is 0.496 e. The zero-order chi connectivity index (χ0) is 14.7. The van der Waals surface area contributed by atoms with Crippen LogP contribution >= 0.6 is 27.5 Å². The van der Waals surface area contributed by atoms with Crippen molar-refractivity contribution in [2.75, 3.05) is 12.4 Å². The Balaban J connectivity index is 2.28. The van der Waals surface area contributed by atoms with E-state index in [1.807, 2.05) is 0 Å². The SMILES string of the molecule is COc1cc(Br)ccc1C(=O)Nc1cc(F)cc(Cl)c1. The topological polar surface area (TPSA) is 38.3 Å². The molecule has 2 aromatic rings. The van der Waals surface area contributed by atoms with E-state index < -0.39 is 11.7 Å². The van der Waals surface area contributed by atoms with Crippen molar-refractivity contribution in [1.29, 1.82) is 0 Å². The summed E-state index contributed by atoms with van der Waals surface area (Å²) in [5.74, 6) is -0.508. The van der Waals surface area contributed by atoms with Gasteiger partial charge in [-0.1, -0.05) is 27.5 Å². The lowest BCUT2D eigenvalue weighted by Crippen LogP contribution is -2.13. The zero-order valence-corrected chi connectivity index (χ0v) is 12.8. The standard InChI is InChI=1S/C14H10BrClFNO2/c1-20-13-4-8(15)2-3-12(13)14(19)18-11-6-9(16)5-10(17)7-11/h2-7H,1H3,(H,18,19). The summed E-state index contributed by atoms with van der Waals surface area (Å²) < 4.78 is 19.1. The molecule has 0 spiro atoms. The fourth-order valence-electron chi connectivity index (χ4n) is 1.68. The Bertz CT molecular complexity index is 643. The molecule has 0 aromatic heterocycles. The van der Waals surface area contributed by atoms with E-state index in [4.69, 9.17) is 16.3 Å². The van der Waals surface area contributed by atoms with Gasteiger partial charge in [0.05, 0.1) is 12.7 Å². The second kappa shape index (κ2) is 6.24. The molecule has 0 fully saturated rings. The average molecular weight is 359 g/mol. The maximum Gasteiger partial charge on any atom is 0.259 e. The number of halogens is 3. The van der Waals surface area contributed by atoms with Crippen LogP contribution in [0.5, 0.6) is 5.75 Å². The third-order valence-electron chi connectivity index (χ3n) is 2.53. The quantitative estimate of drug-likeness (QED) is 0.877. The molecule has 1 N–H and O–H groups in total. The first-order chi connectivity index (χ1) is 9.49. The summed E-state index contributed by atoms with van der Waals surface area (Å²) in [6, 6.07) is 8.82. The monoisotopic (exact) mass is 357 g/mol. The molecule has 0 aliphatic heterocycles. The van der Waals surface area contributed by atoms with Gasteiger partial charge in [-0.3, -0.25) is 4.79 Å². The van der Waals surface area contributed by atoms with Crippen LogP contribution in [0.2, 0.25) is 5.02 Å². The van der Waals surface area contributed by atoms with E-state index in [0.717, 1.165) is 10.5 Å². The molecule has 0 heterocycles. The van der Waals surface area contributed by atoms with Crippen LogP contribution in [0.15, 0.2) is 40.9 Å². The molecule has 0 aliphatic carbocycles. The van der Waals surface area contributed by atoms with Gasteiger partial charge in [-0.05, 0) is 36.4 Å². The molecule has 2 rings (SSSR count). The number of carbonyl (C=O) groups is 1. The lowest BCUT2D eigenvalue weighted by Gasteiger charge is -2.10. The number of nitrogens with one attached hydrogen (secondary N) is 1. The van der Waals surface area contributed by atoms with Crippen LogP contribution in [-0.4, -0.2) is 13.0 Å². The summed E-state index contributed by atoms with van der Waals surface area (Å²) in [5, 5.41) is 2.79. The minimum absolute atomic E-state index is 0.211. The van der Waals surface area contributed by atoms with Crippen molar-refractivity contribution in [3.63, 3.8) is 0 Å². The zero-order valence-electron chi connectivity index (χ0n) is 10.4. The summed E-state index contributed by atoms with van der Waals surface area (Å²) >= 11 is 9.03. The highest BCUT2D eigenvalue weighted by molar-refractivity contribution is 9.10. The van der Waals surface area contributed by atoms with Crippen molar-refractivity contribution in [3.05, 3.63) is 57.3 Å². The van der Waals surface area contributed by atoms with E-state index in [1.54, 1.807) is 18.2 Å². The number of carbonyl (C=O) groups excluding carboxylic acids is 1. The number of hydrogen-bond donors (Lipinski definition) is 1. The predicted octanol–water partition coefficient (Wildman–Crippen LogP) is 4.50. The van der Waals surface area contributed by atoms with Gasteiger partial charge in [0.15, 0.2) is 0 Å². The maximum absolute atomic E-state index is 13.2. The van der Waals surface area contributed by atoms with Gasteiger partial charge in [0.2, 0.25) is 0 Å². The highest BCUT2D eigenvalue weighted by Crippen LogP contribution is 2.25. The molecule has 0 atom stereocenters. The van der Waals surface area contributed by atoms with Crippen LogP contribution < -0.4 is 10.1 Å². The number of benzene rings is 2. The molecule has 104 valence electrons. The van der Waals surface area contributed by atoms with E-state index in [2.05, 4.69) is 21.2 Å². The number of rotatable bonds is 3. The maximum atomic E-state index is 13.2. The fraction of sp³-hybridized carbons (Fsp3) is 0.0714. The van der Waals surface area contributed by atoms with Crippen LogP contribution in [0.4, 0.5) is 10.1 Å². The molecule has 0 bridgehead atoms. The predicted molar refractivity (Wildman–Crippen MR) is 80.1 cm³/mol. The summed E-state index contributed by atoms with van der Waals surface area (Å²) in [6.07, 6.45) is 0. The van der Waals surface area contributed by atoms with Crippen molar-refractivity contribution in [1.82, 2.24) is 0 Å². The third-order valence-corrected chi connectivity index (χ3v) is 3.24. The van der Waals surface area contributed by atoms with E-state index in [0.29, 0.717) is 11.3 Å².